The van der Waals surface area contributed by atoms with Crippen molar-refractivity contribution in [1.82, 2.24) is 0 Å². The Hall–Kier alpha value is -2.74. The van der Waals surface area contributed by atoms with Crippen LogP contribution in [-0.4, -0.2) is 19.1 Å². The Bertz CT molecular complexity index is 993. The lowest BCUT2D eigenvalue weighted by Crippen LogP contribution is -2.20. The zero-order valence-electron chi connectivity index (χ0n) is 17.1. The van der Waals surface area contributed by atoms with Gasteiger partial charge in [0, 0.05) is 17.9 Å². The van der Waals surface area contributed by atoms with E-state index in [0.29, 0.717) is 24.7 Å². The van der Waals surface area contributed by atoms with Crippen LogP contribution < -0.4 is 20.1 Å². The van der Waals surface area contributed by atoms with E-state index in [4.69, 9.17) is 9.47 Å². The van der Waals surface area contributed by atoms with Crippen LogP contribution in [-0.2, 0) is 11.3 Å². The van der Waals surface area contributed by atoms with E-state index in [2.05, 4.69) is 33.2 Å². The fraction of sp³-hybridized carbons (Fsp3) is 0.208. The number of halogens is 1. The summed E-state index contributed by atoms with van der Waals surface area (Å²) in [6.45, 7) is 4.99. The summed E-state index contributed by atoms with van der Waals surface area (Å²) < 4.78 is 12.5. The molecule has 3 aromatic rings. The number of rotatable bonds is 9. The minimum absolute atomic E-state index is 0.0916. The maximum absolute atomic E-state index is 12.3. The van der Waals surface area contributed by atoms with Crippen molar-refractivity contribution in [1.29, 1.82) is 0 Å². The van der Waals surface area contributed by atoms with Crippen molar-refractivity contribution in [3.8, 4) is 11.5 Å². The average Bonchev–Trinajstić information content (AvgIpc) is 2.72. The Balaban J connectivity index is 1.66. The number of amides is 1. The number of aryl methyl sites for hydroxylation is 1. The van der Waals surface area contributed by atoms with Gasteiger partial charge in [-0.25, -0.2) is 0 Å². The maximum atomic E-state index is 12.3. The van der Waals surface area contributed by atoms with Crippen molar-refractivity contribution in [3.63, 3.8) is 0 Å². The molecule has 1 amide bonds. The SMILES string of the molecule is CCOc1cc(CNc2ccccc2)cc(I)c1OCC(=O)Nc1cccc(C)c1. The summed E-state index contributed by atoms with van der Waals surface area (Å²) in [5.41, 5.74) is 3.97. The number of anilines is 2. The molecule has 0 aliphatic heterocycles. The van der Waals surface area contributed by atoms with Gasteiger partial charge in [-0.3, -0.25) is 4.79 Å². The van der Waals surface area contributed by atoms with Gasteiger partial charge in [0.05, 0.1) is 10.2 Å². The number of hydrogen-bond acceptors (Lipinski definition) is 4. The van der Waals surface area contributed by atoms with Gasteiger partial charge in [-0.1, -0.05) is 30.3 Å². The molecule has 0 aromatic heterocycles. The van der Waals surface area contributed by atoms with Crippen LogP contribution in [0.2, 0.25) is 0 Å². The number of para-hydroxylation sites is 1. The number of hydrogen-bond donors (Lipinski definition) is 2. The van der Waals surface area contributed by atoms with Gasteiger partial charge < -0.3 is 20.1 Å². The summed E-state index contributed by atoms with van der Waals surface area (Å²) >= 11 is 2.22. The predicted molar refractivity (Wildman–Crippen MR) is 129 cm³/mol. The van der Waals surface area contributed by atoms with E-state index in [1.807, 2.05) is 80.6 Å². The Labute approximate surface area is 190 Å². The zero-order valence-corrected chi connectivity index (χ0v) is 19.2. The van der Waals surface area contributed by atoms with Gasteiger partial charge in [-0.2, -0.15) is 0 Å². The second kappa shape index (κ2) is 10.9. The molecule has 0 saturated heterocycles. The van der Waals surface area contributed by atoms with Crippen molar-refractivity contribution in [2.75, 3.05) is 23.8 Å². The van der Waals surface area contributed by atoms with Crippen LogP contribution in [0.4, 0.5) is 11.4 Å². The quantitative estimate of drug-likeness (QED) is 0.362. The molecule has 3 rings (SSSR count). The van der Waals surface area contributed by atoms with Crippen LogP contribution in [0.25, 0.3) is 0 Å². The van der Waals surface area contributed by atoms with Gasteiger partial charge in [0.2, 0.25) is 0 Å². The van der Waals surface area contributed by atoms with Gasteiger partial charge in [0.1, 0.15) is 0 Å². The summed E-state index contributed by atoms with van der Waals surface area (Å²) in [5.74, 6) is 1.01. The highest BCUT2D eigenvalue weighted by atomic mass is 127. The normalized spacial score (nSPS) is 10.4. The maximum Gasteiger partial charge on any atom is 0.262 e. The molecule has 0 bridgehead atoms. The molecule has 0 aliphatic rings. The third-order valence-corrected chi connectivity index (χ3v) is 5.09. The smallest absolute Gasteiger partial charge is 0.262 e. The molecule has 2 N–H and O–H groups in total. The van der Waals surface area contributed by atoms with Gasteiger partial charge in [-0.05, 0) is 84.0 Å². The summed E-state index contributed by atoms with van der Waals surface area (Å²) in [4.78, 5) is 12.3. The second-order valence-corrected chi connectivity index (χ2v) is 7.93. The van der Waals surface area contributed by atoms with Gasteiger partial charge >= 0.3 is 0 Å². The monoisotopic (exact) mass is 516 g/mol. The highest BCUT2D eigenvalue weighted by Crippen LogP contribution is 2.34. The van der Waals surface area contributed by atoms with Crippen LogP contribution in [0.3, 0.4) is 0 Å². The summed E-state index contributed by atoms with van der Waals surface area (Å²) in [6.07, 6.45) is 0. The lowest BCUT2D eigenvalue weighted by atomic mass is 10.2. The van der Waals surface area contributed by atoms with Crippen LogP contribution in [0.15, 0.2) is 66.7 Å². The molecule has 30 heavy (non-hydrogen) atoms. The first-order valence-electron chi connectivity index (χ1n) is 9.78. The molecule has 6 heteroatoms. The Kier molecular flexibility index (Phi) is 7.96. The van der Waals surface area contributed by atoms with Gasteiger partial charge in [-0.15, -0.1) is 0 Å². The lowest BCUT2D eigenvalue weighted by Gasteiger charge is -2.16. The van der Waals surface area contributed by atoms with Crippen LogP contribution >= 0.6 is 22.6 Å². The highest BCUT2D eigenvalue weighted by Gasteiger charge is 2.14. The van der Waals surface area contributed by atoms with E-state index in [0.717, 1.165) is 26.1 Å². The molecule has 0 fully saturated rings. The van der Waals surface area contributed by atoms with Gasteiger partial charge in [0.25, 0.3) is 5.91 Å². The van der Waals surface area contributed by atoms with Crippen LogP contribution in [0.1, 0.15) is 18.1 Å². The van der Waals surface area contributed by atoms with E-state index in [1.54, 1.807) is 0 Å². The summed E-state index contributed by atoms with van der Waals surface area (Å²) in [7, 11) is 0. The van der Waals surface area contributed by atoms with Crippen molar-refractivity contribution in [3.05, 3.63) is 81.4 Å². The van der Waals surface area contributed by atoms with E-state index in [-0.39, 0.29) is 12.5 Å². The fourth-order valence-electron chi connectivity index (χ4n) is 2.94. The van der Waals surface area contributed by atoms with Crippen molar-refractivity contribution < 1.29 is 14.3 Å². The van der Waals surface area contributed by atoms with Crippen molar-refractivity contribution in [2.45, 2.75) is 20.4 Å². The Morgan fingerprint density at radius 3 is 2.47 bits per heavy atom. The largest absolute Gasteiger partial charge is 0.490 e. The number of carbonyl (C=O) groups excluding carboxylic acids is 1. The first kappa shape index (κ1) is 22.0. The van der Waals surface area contributed by atoms with Gasteiger partial charge in [0.15, 0.2) is 18.1 Å². The predicted octanol–water partition coefficient (Wildman–Crippen LogP) is 5.63. The number of ether oxygens (including phenoxy) is 2. The Morgan fingerprint density at radius 2 is 1.73 bits per heavy atom. The molecule has 0 unspecified atom stereocenters. The molecule has 0 atom stereocenters. The zero-order chi connectivity index (χ0) is 21.3. The molecule has 3 aromatic carbocycles. The molecule has 0 radical (unpaired) electrons. The van der Waals surface area contributed by atoms with E-state index < -0.39 is 0 Å². The average molecular weight is 516 g/mol. The number of benzene rings is 3. The van der Waals surface area contributed by atoms with Crippen LogP contribution in [0, 0.1) is 10.5 Å². The minimum atomic E-state index is -0.214. The molecule has 0 aliphatic carbocycles. The lowest BCUT2D eigenvalue weighted by molar-refractivity contribution is -0.118. The van der Waals surface area contributed by atoms with Crippen molar-refractivity contribution in [2.24, 2.45) is 0 Å². The second-order valence-electron chi connectivity index (χ2n) is 6.76. The fourth-order valence-corrected chi connectivity index (χ4v) is 3.77. The first-order chi connectivity index (χ1) is 14.5. The van der Waals surface area contributed by atoms with E-state index in [9.17, 15) is 4.79 Å². The first-order valence-corrected chi connectivity index (χ1v) is 10.9. The van der Waals surface area contributed by atoms with Crippen molar-refractivity contribution >= 4 is 39.9 Å². The molecule has 0 heterocycles. The molecule has 0 spiro atoms. The summed E-state index contributed by atoms with van der Waals surface area (Å²) in [6, 6.07) is 21.7. The molecular formula is C24H25IN2O3. The number of carbonyl (C=O) groups is 1. The summed E-state index contributed by atoms with van der Waals surface area (Å²) in [5, 5.41) is 6.25. The number of nitrogens with one attached hydrogen (secondary N) is 2. The molecule has 5 nitrogen and oxygen atoms in total. The molecular weight excluding hydrogens is 491 g/mol. The topological polar surface area (TPSA) is 59.6 Å². The van der Waals surface area contributed by atoms with E-state index >= 15 is 0 Å². The Morgan fingerprint density at radius 1 is 0.967 bits per heavy atom. The highest BCUT2D eigenvalue weighted by molar-refractivity contribution is 14.1. The third kappa shape index (κ3) is 6.38. The van der Waals surface area contributed by atoms with Crippen LogP contribution in [0.5, 0.6) is 11.5 Å². The van der Waals surface area contributed by atoms with E-state index in [1.165, 1.54) is 0 Å². The standard InChI is InChI=1S/C24H25IN2O3/c1-3-29-22-14-18(15-26-19-9-5-4-6-10-19)13-21(25)24(22)30-16-23(28)27-20-11-7-8-17(2)12-20/h4-14,26H,3,15-16H2,1-2H3,(H,27,28). The minimum Gasteiger partial charge on any atom is -0.490 e. The molecule has 0 saturated carbocycles. The third-order valence-electron chi connectivity index (χ3n) is 4.29. The molecule has 156 valence electrons.